The summed E-state index contributed by atoms with van der Waals surface area (Å²) in [5.41, 5.74) is 6.40. The molecule has 0 radical (unpaired) electrons. The highest BCUT2D eigenvalue weighted by Gasteiger charge is 2.01. The topological polar surface area (TPSA) is 46.2 Å². The number of anilines is 1. The van der Waals surface area contributed by atoms with Gasteiger partial charge in [0, 0.05) is 11.8 Å². The maximum Gasteiger partial charge on any atom is 0.165 e. The Balaban J connectivity index is 3.28. The van der Waals surface area contributed by atoms with Gasteiger partial charge in [0.2, 0.25) is 0 Å². The molecular weight excluding hydrogens is 133 g/mol. The number of benzene rings is 1. The average Bonchev–Trinajstić information content (AvgIpc) is 1.84. The van der Waals surface area contributed by atoms with Crippen LogP contribution in [0.4, 0.5) is 10.1 Å². The van der Waals surface area contributed by atoms with Crippen LogP contribution in [0.2, 0.25) is 0 Å². The quantitative estimate of drug-likeness (QED) is 0.537. The number of halogens is 1. The van der Waals surface area contributed by atoms with Crippen molar-refractivity contribution in [3.05, 3.63) is 23.5 Å². The van der Waals surface area contributed by atoms with E-state index in [0.717, 1.165) is 0 Å². The number of nitrogen functional groups attached to an aromatic ring is 1. The van der Waals surface area contributed by atoms with Crippen LogP contribution in [0.1, 0.15) is 5.56 Å². The molecule has 0 heterocycles. The van der Waals surface area contributed by atoms with E-state index in [0.29, 0.717) is 11.3 Å². The van der Waals surface area contributed by atoms with E-state index in [-0.39, 0.29) is 0 Å². The summed E-state index contributed by atoms with van der Waals surface area (Å²) < 4.78 is 12.5. The number of hydrogen-bond donors (Lipinski definition) is 2. The van der Waals surface area contributed by atoms with E-state index in [1.165, 1.54) is 12.1 Å². The highest BCUT2D eigenvalue weighted by Crippen LogP contribution is 2.21. The van der Waals surface area contributed by atoms with E-state index in [4.69, 9.17) is 10.8 Å². The average molecular weight is 141 g/mol. The molecule has 0 aromatic heterocycles. The van der Waals surface area contributed by atoms with Gasteiger partial charge in [0.15, 0.2) is 11.6 Å². The molecule has 0 atom stereocenters. The molecule has 0 aliphatic heterocycles. The smallest absolute Gasteiger partial charge is 0.165 e. The van der Waals surface area contributed by atoms with Gasteiger partial charge in [0.25, 0.3) is 0 Å². The first-order valence-corrected chi connectivity index (χ1v) is 2.86. The third-order valence-electron chi connectivity index (χ3n) is 1.34. The minimum Gasteiger partial charge on any atom is -0.505 e. The first kappa shape index (κ1) is 6.86. The summed E-state index contributed by atoms with van der Waals surface area (Å²) in [5, 5.41) is 8.77. The number of nitrogens with two attached hydrogens (primary N) is 1. The van der Waals surface area contributed by atoms with Crippen molar-refractivity contribution in [2.45, 2.75) is 6.92 Å². The van der Waals surface area contributed by atoms with Crippen LogP contribution in [-0.2, 0) is 0 Å². The summed E-state index contributed by atoms with van der Waals surface area (Å²) in [6, 6.07) is 2.40. The summed E-state index contributed by atoms with van der Waals surface area (Å²) >= 11 is 0. The van der Waals surface area contributed by atoms with E-state index in [2.05, 4.69) is 0 Å². The first-order chi connectivity index (χ1) is 4.61. The predicted octanol–water partition coefficient (Wildman–Crippen LogP) is 1.42. The molecule has 3 N–H and O–H groups in total. The highest BCUT2D eigenvalue weighted by molar-refractivity contribution is 5.50. The lowest BCUT2D eigenvalue weighted by Crippen LogP contribution is -1.90. The second kappa shape index (κ2) is 2.17. The summed E-state index contributed by atoms with van der Waals surface area (Å²) in [6.07, 6.45) is 0. The molecule has 0 unspecified atom stereocenters. The van der Waals surface area contributed by atoms with Crippen molar-refractivity contribution in [2.24, 2.45) is 0 Å². The molecule has 0 saturated carbocycles. The lowest BCUT2D eigenvalue weighted by atomic mass is 10.2. The molecule has 0 fully saturated rings. The third kappa shape index (κ3) is 1.03. The zero-order valence-corrected chi connectivity index (χ0v) is 5.56. The van der Waals surface area contributed by atoms with Crippen LogP contribution in [0.15, 0.2) is 12.1 Å². The minimum atomic E-state index is -0.633. The van der Waals surface area contributed by atoms with E-state index in [1.807, 2.05) is 0 Å². The number of phenolic OH excluding ortho intramolecular Hbond substituents is 1. The van der Waals surface area contributed by atoms with Gasteiger partial charge in [-0.2, -0.15) is 0 Å². The molecule has 2 nitrogen and oxygen atoms in total. The normalized spacial score (nSPS) is 9.80. The zero-order valence-electron chi connectivity index (χ0n) is 5.56. The van der Waals surface area contributed by atoms with E-state index in [1.54, 1.807) is 6.92 Å². The van der Waals surface area contributed by atoms with Crippen molar-refractivity contribution in [1.29, 1.82) is 0 Å². The van der Waals surface area contributed by atoms with Crippen molar-refractivity contribution < 1.29 is 9.50 Å². The van der Waals surface area contributed by atoms with E-state index >= 15 is 0 Å². The molecule has 0 bridgehead atoms. The van der Waals surface area contributed by atoms with E-state index in [9.17, 15) is 4.39 Å². The second-order valence-electron chi connectivity index (χ2n) is 2.16. The minimum absolute atomic E-state index is 0.400. The predicted molar refractivity (Wildman–Crippen MR) is 37.2 cm³/mol. The van der Waals surface area contributed by atoms with Crippen molar-refractivity contribution >= 4 is 5.69 Å². The fourth-order valence-corrected chi connectivity index (χ4v) is 0.677. The summed E-state index contributed by atoms with van der Waals surface area (Å²) in [4.78, 5) is 0. The maximum atomic E-state index is 12.5. The Labute approximate surface area is 58.1 Å². The number of phenols is 1. The largest absolute Gasteiger partial charge is 0.505 e. The van der Waals surface area contributed by atoms with Gasteiger partial charge in [-0.05, 0) is 18.6 Å². The zero-order chi connectivity index (χ0) is 7.72. The van der Waals surface area contributed by atoms with Gasteiger partial charge in [0.1, 0.15) is 0 Å². The summed E-state index contributed by atoms with van der Waals surface area (Å²) in [7, 11) is 0. The van der Waals surface area contributed by atoms with E-state index < -0.39 is 11.6 Å². The fraction of sp³-hybridized carbons (Fsp3) is 0.143. The highest BCUT2D eigenvalue weighted by atomic mass is 19.1. The van der Waals surface area contributed by atoms with Crippen molar-refractivity contribution in [2.75, 3.05) is 5.73 Å². The molecular formula is C7H8FNO. The van der Waals surface area contributed by atoms with Gasteiger partial charge in [-0.25, -0.2) is 4.39 Å². The van der Waals surface area contributed by atoms with Gasteiger partial charge in [-0.1, -0.05) is 0 Å². The Morgan fingerprint density at radius 2 is 2.10 bits per heavy atom. The summed E-state index contributed by atoms with van der Waals surface area (Å²) in [6.45, 7) is 1.68. The van der Waals surface area contributed by atoms with Crippen LogP contribution < -0.4 is 5.73 Å². The molecule has 0 aliphatic carbocycles. The van der Waals surface area contributed by atoms with Crippen molar-refractivity contribution in [3.8, 4) is 5.75 Å². The fourth-order valence-electron chi connectivity index (χ4n) is 0.677. The van der Waals surface area contributed by atoms with Crippen LogP contribution in [0, 0.1) is 12.7 Å². The van der Waals surface area contributed by atoms with Crippen molar-refractivity contribution in [1.82, 2.24) is 0 Å². The van der Waals surface area contributed by atoms with Crippen LogP contribution in [-0.4, -0.2) is 5.11 Å². The first-order valence-electron chi connectivity index (χ1n) is 2.86. The molecule has 3 heteroatoms. The molecule has 1 rings (SSSR count). The Hall–Kier alpha value is -1.25. The maximum absolute atomic E-state index is 12.5. The molecule has 0 aliphatic rings. The second-order valence-corrected chi connectivity index (χ2v) is 2.16. The monoisotopic (exact) mass is 141 g/mol. The molecule has 1 aromatic carbocycles. The number of aromatic hydroxyl groups is 1. The van der Waals surface area contributed by atoms with Gasteiger partial charge < -0.3 is 10.8 Å². The van der Waals surface area contributed by atoms with Crippen LogP contribution >= 0.6 is 0 Å². The Morgan fingerprint density at radius 3 is 2.60 bits per heavy atom. The molecule has 1 aromatic rings. The molecule has 54 valence electrons. The van der Waals surface area contributed by atoms with Crippen LogP contribution in [0.5, 0.6) is 5.75 Å². The lowest BCUT2D eigenvalue weighted by molar-refractivity contribution is 0.432. The molecule has 0 spiro atoms. The SMILES string of the molecule is Cc1cc(F)c(O)cc1N. The standard InChI is InChI=1S/C7H8FNO/c1-4-2-5(8)7(10)3-6(4)9/h2-3,10H,9H2,1H3. The number of rotatable bonds is 0. The van der Waals surface area contributed by atoms with Gasteiger partial charge >= 0.3 is 0 Å². The molecule has 10 heavy (non-hydrogen) atoms. The molecule has 0 saturated heterocycles. The number of aryl methyl sites for hydroxylation is 1. The molecule has 0 amide bonds. The lowest BCUT2D eigenvalue weighted by Gasteiger charge is -2.00. The van der Waals surface area contributed by atoms with Gasteiger partial charge in [-0.3, -0.25) is 0 Å². The number of hydrogen-bond acceptors (Lipinski definition) is 2. The van der Waals surface area contributed by atoms with Crippen molar-refractivity contribution in [3.63, 3.8) is 0 Å². The Bertz CT molecular complexity index is 210. The van der Waals surface area contributed by atoms with Crippen LogP contribution in [0.25, 0.3) is 0 Å². The van der Waals surface area contributed by atoms with Crippen LogP contribution in [0.3, 0.4) is 0 Å². The Kier molecular flexibility index (Phi) is 1.49. The van der Waals surface area contributed by atoms with Gasteiger partial charge in [0.05, 0.1) is 0 Å². The van der Waals surface area contributed by atoms with Gasteiger partial charge in [-0.15, -0.1) is 0 Å². The summed E-state index contributed by atoms with van der Waals surface area (Å²) in [5.74, 6) is -1.03. The Morgan fingerprint density at radius 1 is 1.50 bits per heavy atom. The third-order valence-corrected chi connectivity index (χ3v) is 1.34.